The second-order valence-electron chi connectivity index (χ2n) is 8.04. The molecule has 1 amide bonds. The maximum atomic E-state index is 13.4. The Bertz CT molecular complexity index is 1320. The molecule has 6 rings (SSSR count). The van der Waals surface area contributed by atoms with Crippen molar-refractivity contribution < 1.29 is 4.79 Å². The largest absolute Gasteiger partial charge is 0.352 e. The minimum atomic E-state index is 0.0336. The van der Waals surface area contributed by atoms with Crippen LogP contribution in [0.2, 0.25) is 0 Å². The summed E-state index contributed by atoms with van der Waals surface area (Å²) in [5.74, 6) is 0.964. The molecule has 148 valence electrons. The highest BCUT2D eigenvalue weighted by atomic mass is 16.2. The van der Waals surface area contributed by atoms with Crippen molar-refractivity contribution in [2.75, 3.05) is 18.0 Å². The second kappa shape index (κ2) is 6.32. The number of hydrogen-bond acceptors (Lipinski definition) is 5. The topological polar surface area (TPSA) is 105 Å². The zero-order chi connectivity index (χ0) is 20.2. The number of benzene rings is 1. The zero-order valence-electron chi connectivity index (χ0n) is 16.2. The van der Waals surface area contributed by atoms with E-state index in [1.165, 1.54) is 0 Å². The van der Waals surface area contributed by atoms with Crippen LogP contribution >= 0.6 is 0 Å². The molecule has 2 saturated heterocycles. The first-order valence-electron chi connectivity index (χ1n) is 10.1. The number of nitrogens with one attached hydrogen (secondary N) is 2. The number of piperazine rings is 1. The van der Waals surface area contributed by atoms with Crippen LogP contribution in [0.4, 0.5) is 5.82 Å². The smallest absolute Gasteiger partial charge is 0.270 e. The number of amides is 1. The highest BCUT2D eigenvalue weighted by molar-refractivity contribution is 5.99. The van der Waals surface area contributed by atoms with Gasteiger partial charge in [0.2, 0.25) is 0 Å². The fourth-order valence-corrected chi connectivity index (χ4v) is 4.97. The van der Waals surface area contributed by atoms with Gasteiger partial charge in [0.15, 0.2) is 0 Å². The molecule has 3 aromatic heterocycles. The Balaban J connectivity index is 1.29. The Labute approximate surface area is 172 Å². The van der Waals surface area contributed by atoms with Crippen molar-refractivity contribution in [1.82, 2.24) is 24.8 Å². The van der Waals surface area contributed by atoms with Crippen LogP contribution in [-0.2, 0) is 0 Å². The quantitative estimate of drug-likeness (QED) is 0.541. The number of nitriles is 1. The molecular weight excluding hydrogens is 378 g/mol. The molecule has 4 aromatic rings. The molecule has 2 unspecified atom stereocenters. The number of aromatic nitrogens is 4. The minimum Gasteiger partial charge on any atom is -0.352 e. The van der Waals surface area contributed by atoms with Gasteiger partial charge in [0, 0.05) is 30.2 Å². The third kappa shape index (κ3) is 2.48. The van der Waals surface area contributed by atoms with E-state index in [9.17, 15) is 4.79 Å². The lowest BCUT2D eigenvalue weighted by atomic mass is 10.1. The summed E-state index contributed by atoms with van der Waals surface area (Å²) in [6.45, 7) is 1.52. The van der Waals surface area contributed by atoms with E-state index in [-0.39, 0.29) is 18.0 Å². The molecule has 8 heteroatoms. The number of rotatable bonds is 2. The standard InChI is InChI=1S/C22H19N7O/c23-9-13-1-4-18-14(7-13)8-19(27-18)22(30)29-15-2-3-16(29)11-28(10-15)21-17-5-6-24-20(17)25-12-26-21/h1,4-8,12,15-16,27H,2-3,10-11H2,(H,24,25,26). The second-order valence-corrected chi connectivity index (χ2v) is 8.04. The Hall–Kier alpha value is -3.86. The van der Waals surface area contributed by atoms with Crippen LogP contribution in [0.15, 0.2) is 42.9 Å². The van der Waals surface area contributed by atoms with Crippen LogP contribution < -0.4 is 4.90 Å². The molecule has 8 nitrogen and oxygen atoms in total. The van der Waals surface area contributed by atoms with E-state index >= 15 is 0 Å². The molecule has 0 saturated carbocycles. The first-order valence-corrected chi connectivity index (χ1v) is 10.1. The van der Waals surface area contributed by atoms with Gasteiger partial charge in [-0.25, -0.2) is 9.97 Å². The summed E-state index contributed by atoms with van der Waals surface area (Å²) >= 11 is 0. The number of aromatic amines is 2. The molecule has 0 spiro atoms. The lowest BCUT2D eigenvalue weighted by molar-refractivity contribution is 0.0636. The van der Waals surface area contributed by atoms with Crippen LogP contribution in [0.1, 0.15) is 28.9 Å². The Morgan fingerprint density at radius 2 is 1.97 bits per heavy atom. The van der Waals surface area contributed by atoms with Gasteiger partial charge in [-0.05, 0) is 43.2 Å². The van der Waals surface area contributed by atoms with Crippen LogP contribution in [-0.4, -0.2) is 55.9 Å². The summed E-state index contributed by atoms with van der Waals surface area (Å²) < 4.78 is 0. The third-order valence-electron chi connectivity index (χ3n) is 6.33. The summed E-state index contributed by atoms with van der Waals surface area (Å²) in [4.78, 5) is 32.9. The van der Waals surface area contributed by atoms with Crippen molar-refractivity contribution >= 4 is 33.7 Å². The first-order chi connectivity index (χ1) is 14.7. The highest BCUT2D eigenvalue weighted by Crippen LogP contribution is 2.35. The van der Waals surface area contributed by atoms with Gasteiger partial charge >= 0.3 is 0 Å². The van der Waals surface area contributed by atoms with Crippen molar-refractivity contribution in [2.45, 2.75) is 24.9 Å². The number of H-pyrrole nitrogens is 2. The maximum absolute atomic E-state index is 13.4. The maximum Gasteiger partial charge on any atom is 0.270 e. The van der Waals surface area contributed by atoms with Gasteiger partial charge in [-0.1, -0.05) is 0 Å². The summed E-state index contributed by atoms with van der Waals surface area (Å²) in [5.41, 5.74) is 2.88. The van der Waals surface area contributed by atoms with Gasteiger partial charge < -0.3 is 19.8 Å². The van der Waals surface area contributed by atoms with Crippen LogP contribution in [0.3, 0.4) is 0 Å². The summed E-state index contributed by atoms with van der Waals surface area (Å²) in [7, 11) is 0. The van der Waals surface area contributed by atoms with Gasteiger partial charge in [-0.2, -0.15) is 5.26 Å². The normalized spacial score (nSPS) is 20.8. The molecule has 0 aliphatic carbocycles. The predicted molar refractivity (Wildman–Crippen MR) is 112 cm³/mol. The molecule has 30 heavy (non-hydrogen) atoms. The molecular formula is C22H19N7O. The molecule has 2 bridgehead atoms. The molecule has 2 N–H and O–H groups in total. The fourth-order valence-electron chi connectivity index (χ4n) is 4.97. The number of carbonyl (C=O) groups is 1. The molecule has 5 heterocycles. The van der Waals surface area contributed by atoms with E-state index in [4.69, 9.17) is 5.26 Å². The number of anilines is 1. The van der Waals surface area contributed by atoms with E-state index in [2.05, 4.69) is 30.9 Å². The number of hydrogen-bond donors (Lipinski definition) is 2. The molecule has 2 fully saturated rings. The van der Waals surface area contributed by atoms with E-state index in [0.29, 0.717) is 11.3 Å². The van der Waals surface area contributed by atoms with Crippen molar-refractivity contribution in [3.63, 3.8) is 0 Å². The predicted octanol–water partition coefficient (Wildman–Crippen LogP) is 2.80. The Morgan fingerprint density at radius 3 is 2.77 bits per heavy atom. The van der Waals surface area contributed by atoms with Gasteiger partial charge in [0.25, 0.3) is 5.91 Å². The van der Waals surface area contributed by atoms with Gasteiger partial charge in [-0.15, -0.1) is 0 Å². The average Bonchev–Trinajstić information content (AvgIpc) is 3.48. The third-order valence-corrected chi connectivity index (χ3v) is 6.33. The molecule has 0 radical (unpaired) electrons. The Morgan fingerprint density at radius 1 is 1.13 bits per heavy atom. The van der Waals surface area contributed by atoms with E-state index < -0.39 is 0 Å². The average molecular weight is 397 g/mol. The lowest BCUT2D eigenvalue weighted by Gasteiger charge is -2.41. The van der Waals surface area contributed by atoms with Crippen molar-refractivity contribution in [3.8, 4) is 6.07 Å². The molecule has 2 aliphatic rings. The van der Waals surface area contributed by atoms with E-state index in [1.54, 1.807) is 12.4 Å². The number of fused-ring (bicyclic) bond motifs is 4. The number of carbonyl (C=O) groups excluding carboxylic acids is 1. The minimum absolute atomic E-state index is 0.0336. The van der Waals surface area contributed by atoms with Gasteiger partial charge in [0.05, 0.1) is 29.1 Å². The summed E-state index contributed by atoms with van der Waals surface area (Å²) in [6.07, 6.45) is 5.46. The van der Waals surface area contributed by atoms with Crippen molar-refractivity contribution in [3.05, 3.63) is 54.1 Å². The SMILES string of the molecule is N#Cc1ccc2[nH]c(C(=O)N3C4CCC3CN(c3ncnc5[nH]ccc35)C4)cc2c1. The van der Waals surface area contributed by atoms with Crippen LogP contribution in [0, 0.1) is 11.3 Å². The van der Waals surface area contributed by atoms with Gasteiger partial charge in [-0.3, -0.25) is 4.79 Å². The van der Waals surface area contributed by atoms with E-state index in [0.717, 1.165) is 53.7 Å². The van der Waals surface area contributed by atoms with Crippen molar-refractivity contribution in [1.29, 1.82) is 5.26 Å². The van der Waals surface area contributed by atoms with Crippen LogP contribution in [0.25, 0.3) is 21.9 Å². The fraction of sp³-hybridized carbons (Fsp3) is 0.273. The van der Waals surface area contributed by atoms with Crippen molar-refractivity contribution in [2.24, 2.45) is 0 Å². The number of nitrogens with zero attached hydrogens (tertiary/aromatic N) is 5. The summed E-state index contributed by atoms with van der Waals surface area (Å²) in [5, 5.41) is 11.0. The lowest BCUT2D eigenvalue weighted by Crippen LogP contribution is -2.56. The monoisotopic (exact) mass is 397 g/mol. The molecule has 2 atom stereocenters. The molecule has 2 aliphatic heterocycles. The van der Waals surface area contributed by atoms with E-state index in [1.807, 2.05) is 35.4 Å². The molecule has 1 aromatic carbocycles. The van der Waals surface area contributed by atoms with Gasteiger partial charge in [0.1, 0.15) is 23.5 Å². The Kier molecular flexibility index (Phi) is 3.59. The van der Waals surface area contributed by atoms with Crippen LogP contribution in [0.5, 0.6) is 0 Å². The first kappa shape index (κ1) is 17.0. The summed E-state index contributed by atoms with van der Waals surface area (Å²) in [6, 6.07) is 11.8. The zero-order valence-corrected chi connectivity index (χ0v) is 16.2. The highest BCUT2D eigenvalue weighted by Gasteiger charge is 2.43.